The summed E-state index contributed by atoms with van der Waals surface area (Å²) < 4.78 is 11.0. The van der Waals surface area contributed by atoms with Crippen LogP contribution in [0.3, 0.4) is 0 Å². The standard InChI is InChI=1S/C12H15NO2/c1-14-9-2-3-10-11(6-9)15-8-12(4-5-12)7-13-10/h2-3,6,13H,4-5,7-8H2,1H3. The number of benzene rings is 1. The molecule has 0 unspecified atom stereocenters. The molecule has 1 aromatic carbocycles. The first-order valence-corrected chi connectivity index (χ1v) is 5.36. The highest BCUT2D eigenvalue weighted by Gasteiger charge is 2.44. The normalized spacial score (nSPS) is 20.9. The van der Waals surface area contributed by atoms with Crippen molar-refractivity contribution in [2.75, 3.05) is 25.6 Å². The van der Waals surface area contributed by atoms with E-state index in [4.69, 9.17) is 9.47 Å². The van der Waals surface area contributed by atoms with Gasteiger partial charge in [0.2, 0.25) is 0 Å². The average molecular weight is 205 g/mol. The molecule has 1 aromatic rings. The highest BCUT2D eigenvalue weighted by atomic mass is 16.5. The highest BCUT2D eigenvalue weighted by molar-refractivity contribution is 5.60. The molecule has 1 saturated carbocycles. The van der Waals surface area contributed by atoms with Crippen LogP contribution in [0.1, 0.15) is 12.8 Å². The molecule has 1 aliphatic carbocycles. The van der Waals surface area contributed by atoms with Gasteiger partial charge in [0, 0.05) is 18.0 Å². The molecule has 80 valence electrons. The van der Waals surface area contributed by atoms with Crippen LogP contribution in [0.15, 0.2) is 18.2 Å². The van der Waals surface area contributed by atoms with Gasteiger partial charge in [-0.05, 0) is 25.0 Å². The van der Waals surface area contributed by atoms with Crippen molar-refractivity contribution in [3.05, 3.63) is 18.2 Å². The largest absolute Gasteiger partial charge is 0.497 e. The van der Waals surface area contributed by atoms with Gasteiger partial charge in [0.15, 0.2) is 0 Å². The van der Waals surface area contributed by atoms with Crippen LogP contribution in [0.5, 0.6) is 11.5 Å². The second-order valence-corrected chi connectivity index (χ2v) is 4.50. The molecular formula is C12H15NO2. The zero-order valence-corrected chi connectivity index (χ0v) is 8.88. The Morgan fingerprint density at radius 2 is 2.27 bits per heavy atom. The maximum absolute atomic E-state index is 5.83. The van der Waals surface area contributed by atoms with Crippen LogP contribution in [0, 0.1) is 5.41 Å². The van der Waals surface area contributed by atoms with Crippen molar-refractivity contribution in [1.82, 2.24) is 0 Å². The minimum absolute atomic E-state index is 0.409. The van der Waals surface area contributed by atoms with Crippen molar-refractivity contribution in [2.45, 2.75) is 12.8 Å². The molecule has 15 heavy (non-hydrogen) atoms. The third-order valence-corrected chi connectivity index (χ3v) is 3.33. The molecule has 0 amide bonds. The molecule has 1 N–H and O–H groups in total. The third-order valence-electron chi connectivity index (χ3n) is 3.33. The molecule has 3 heteroatoms. The summed E-state index contributed by atoms with van der Waals surface area (Å²) in [6.45, 7) is 1.87. The first-order valence-electron chi connectivity index (χ1n) is 5.36. The Hall–Kier alpha value is -1.38. The van der Waals surface area contributed by atoms with E-state index in [9.17, 15) is 0 Å². The molecule has 0 aromatic heterocycles. The lowest BCUT2D eigenvalue weighted by molar-refractivity contribution is 0.250. The highest BCUT2D eigenvalue weighted by Crippen LogP contribution is 2.48. The van der Waals surface area contributed by atoms with Crippen LogP contribution in [0.4, 0.5) is 5.69 Å². The summed E-state index contributed by atoms with van der Waals surface area (Å²) in [7, 11) is 1.67. The fourth-order valence-electron chi connectivity index (χ4n) is 1.96. The zero-order valence-electron chi connectivity index (χ0n) is 8.88. The summed E-state index contributed by atoms with van der Waals surface area (Å²) in [5.74, 6) is 1.76. The van der Waals surface area contributed by atoms with E-state index >= 15 is 0 Å². The number of hydrogen-bond donors (Lipinski definition) is 1. The van der Waals surface area contributed by atoms with E-state index in [1.807, 2.05) is 18.2 Å². The smallest absolute Gasteiger partial charge is 0.146 e. The van der Waals surface area contributed by atoms with Crippen molar-refractivity contribution in [3.63, 3.8) is 0 Å². The minimum atomic E-state index is 0.409. The van der Waals surface area contributed by atoms with E-state index in [0.717, 1.165) is 30.3 Å². The van der Waals surface area contributed by atoms with Crippen molar-refractivity contribution >= 4 is 5.69 Å². The lowest BCUT2D eigenvalue weighted by Crippen LogP contribution is -2.18. The molecule has 1 fully saturated rings. The van der Waals surface area contributed by atoms with Gasteiger partial charge in [-0.2, -0.15) is 0 Å². The molecule has 2 aliphatic rings. The maximum Gasteiger partial charge on any atom is 0.146 e. The van der Waals surface area contributed by atoms with Crippen LogP contribution in [0.25, 0.3) is 0 Å². The lowest BCUT2D eigenvalue weighted by atomic mass is 10.1. The quantitative estimate of drug-likeness (QED) is 0.763. The van der Waals surface area contributed by atoms with Gasteiger partial charge in [-0.3, -0.25) is 0 Å². The predicted molar refractivity (Wildman–Crippen MR) is 58.6 cm³/mol. The molecule has 1 aliphatic heterocycles. The number of anilines is 1. The Bertz CT molecular complexity index is 385. The Morgan fingerprint density at radius 1 is 1.40 bits per heavy atom. The van der Waals surface area contributed by atoms with Gasteiger partial charge < -0.3 is 14.8 Å². The Morgan fingerprint density at radius 3 is 3.00 bits per heavy atom. The molecule has 3 rings (SSSR count). The van der Waals surface area contributed by atoms with Crippen LogP contribution in [0.2, 0.25) is 0 Å². The fraction of sp³-hybridized carbons (Fsp3) is 0.500. The van der Waals surface area contributed by atoms with Gasteiger partial charge in [-0.15, -0.1) is 0 Å². The summed E-state index contributed by atoms with van der Waals surface area (Å²) in [4.78, 5) is 0. The molecule has 3 nitrogen and oxygen atoms in total. The molecule has 1 spiro atoms. The topological polar surface area (TPSA) is 30.5 Å². The van der Waals surface area contributed by atoms with Crippen molar-refractivity contribution in [3.8, 4) is 11.5 Å². The number of methoxy groups -OCH3 is 1. The molecular weight excluding hydrogens is 190 g/mol. The van der Waals surface area contributed by atoms with Crippen LogP contribution in [-0.4, -0.2) is 20.3 Å². The van der Waals surface area contributed by atoms with Crippen LogP contribution in [-0.2, 0) is 0 Å². The molecule has 0 saturated heterocycles. The van der Waals surface area contributed by atoms with E-state index in [1.54, 1.807) is 7.11 Å². The zero-order chi connectivity index (χ0) is 10.3. The third kappa shape index (κ3) is 1.52. The molecule has 0 bridgehead atoms. The van der Waals surface area contributed by atoms with Crippen molar-refractivity contribution in [2.24, 2.45) is 5.41 Å². The second-order valence-electron chi connectivity index (χ2n) is 4.50. The molecule has 1 heterocycles. The van der Waals surface area contributed by atoms with Gasteiger partial charge in [0.05, 0.1) is 19.4 Å². The molecule has 0 atom stereocenters. The summed E-state index contributed by atoms with van der Waals surface area (Å²) in [5, 5.41) is 3.45. The van der Waals surface area contributed by atoms with E-state index in [1.165, 1.54) is 12.8 Å². The van der Waals surface area contributed by atoms with Crippen molar-refractivity contribution < 1.29 is 9.47 Å². The summed E-state index contributed by atoms with van der Waals surface area (Å²) in [6, 6.07) is 5.93. The minimum Gasteiger partial charge on any atom is -0.497 e. The lowest BCUT2D eigenvalue weighted by Gasteiger charge is -2.10. The summed E-state index contributed by atoms with van der Waals surface area (Å²) in [5.41, 5.74) is 1.49. The predicted octanol–water partition coefficient (Wildman–Crippen LogP) is 2.28. The van der Waals surface area contributed by atoms with Gasteiger partial charge in [-0.25, -0.2) is 0 Å². The SMILES string of the molecule is COc1ccc2c(c1)OCC1(CC1)CN2. The number of nitrogens with one attached hydrogen (secondary N) is 1. The maximum atomic E-state index is 5.83. The summed E-state index contributed by atoms with van der Waals surface area (Å²) >= 11 is 0. The number of hydrogen-bond acceptors (Lipinski definition) is 3. The number of fused-ring (bicyclic) bond motifs is 1. The molecule has 0 radical (unpaired) electrons. The fourth-order valence-corrected chi connectivity index (χ4v) is 1.96. The van der Waals surface area contributed by atoms with Gasteiger partial charge in [0.1, 0.15) is 11.5 Å². The van der Waals surface area contributed by atoms with E-state index in [0.29, 0.717) is 5.41 Å². The Kier molecular flexibility index (Phi) is 1.81. The van der Waals surface area contributed by atoms with Gasteiger partial charge >= 0.3 is 0 Å². The Balaban J connectivity index is 1.89. The second kappa shape index (κ2) is 3.05. The van der Waals surface area contributed by atoms with Gasteiger partial charge in [-0.1, -0.05) is 0 Å². The Labute approximate surface area is 89.4 Å². The first kappa shape index (κ1) is 8.89. The summed E-state index contributed by atoms with van der Waals surface area (Å²) in [6.07, 6.45) is 2.57. The monoisotopic (exact) mass is 205 g/mol. The van der Waals surface area contributed by atoms with E-state index in [2.05, 4.69) is 5.32 Å². The average Bonchev–Trinajstić information content (AvgIpc) is 3.07. The van der Waals surface area contributed by atoms with Crippen LogP contribution < -0.4 is 14.8 Å². The van der Waals surface area contributed by atoms with Gasteiger partial charge in [0.25, 0.3) is 0 Å². The first-order chi connectivity index (χ1) is 7.31. The number of rotatable bonds is 1. The number of ether oxygens (including phenoxy) is 2. The van der Waals surface area contributed by atoms with Crippen molar-refractivity contribution in [1.29, 1.82) is 0 Å². The van der Waals surface area contributed by atoms with Crippen LogP contribution >= 0.6 is 0 Å². The van der Waals surface area contributed by atoms with E-state index < -0.39 is 0 Å². The van der Waals surface area contributed by atoms with E-state index in [-0.39, 0.29) is 0 Å².